The van der Waals surface area contributed by atoms with E-state index in [1.165, 1.54) is 6.42 Å². The molecule has 1 atom stereocenters. The minimum Gasteiger partial charge on any atom is -0.381 e. The normalized spacial score (nSPS) is 19.9. The first-order valence-corrected chi connectivity index (χ1v) is 7.62. The van der Waals surface area contributed by atoms with Crippen molar-refractivity contribution in [1.82, 2.24) is 9.97 Å². The van der Waals surface area contributed by atoms with Crippen LogP contribution in [0.5, 0.6) is 0 Å². The zero-order chi connectivity index (χ0) is 14.8. The molecule has 112 valence electrons. The van der Waals surface area contributed by atoms with Crippen LogP contribution in [0, 0.1) is 12.8 Å². The molecule has 1 aromatic rings. The van der Waals surface area contributed by atoms with Gasteiger partial charge in [-0.15, -0.1) is 0 Å². The zero-order valence-corrected chi connectivity index (χ0v) is 13.5. The molecule has 2 rings (SSSR count). The number of anilines is 1. The highest BCUT2D eigenvalue weighted by Gasteiger charge is 2.21. The van der Waals surface area contributed by atoms with Gasteiger partial charge < -0.3 is 10.1 Å². The fourth-order valence-electron chi connectivity index (χ4n) is 2.21. The SMILES string of the molecule is Cc1c(Cl)nc(C(C)(C)C)nc1NCC1CCCOC1. The predicted octanol–water partition coefficient (Wildman–Crippen LogP) is 3.57. The lowest BCUT2D eigenvalue weighted by Crippen LogP contribution is -2.25. The molecule has 0 radical (unpaired) electrons. The molecule has 0 aliphatic carbocycles. The number of hydrogen-bond acceptors (Lipinski definition) is 4. The van der Waals surface area contributed by atoms with Gasteiger partial charge in [0.25, 0.3) is 0 Å². The highest BCUT2D eigenvalue weighted by Crippen LogP contribution is 2.26. The standard InChI is InChI=1S/C15H24ClN3O/c1-10-12(16)18-14(15(2,3)4)19-13(10)17-8-11-6-5-7-20-9-11/h11H,5-9H2,1-4H3,(H,17,18,19). The Morgan fingerprint density at radius 1 is 1.35 bits per heavy atom. The van der Waals surface area contributed by atoms with Crippen LogP contribution < -0.4 is 5.32 Å². The van der Waals surface area contributed by atoms with Crippen molar-refractivity contribution in [3.05, 3.63) is 16.5 Å². The predicted molar refractivity (Wildman–Crippen MR) is 82.5 cm³/mol. The molecular formula is C15H24ClN3O. The van der Waals surface area contributed by atoms with Crippen LogP contribution in [0.4, 0.5) is 5.82 Å². The number of nitrogens with zero attached hydrogens (tertiary/aromatic N) is 2. The van der Waals surface area contributed by atoms with E-state index in [1.54, 1.807) is 0 Å². The summed E-state index contributed by atoms with van der Waals surface area (Å²) in [6, 6.07) is 0. The van der Waals surface area contributed by atoms with Crippen LogP contribution in [0.1, 0.15) is 45.0 Å². The van der Waals surface area contributed by atoms with Gasteiger partial charge in [-0.3, -0.25) is 0 Å². The summed E-state index contributed by atoms with van der Waals surface area (Å²) >= 11 is 6.23. The average Bonchev–Trinajstić information content (AvgIpc) is 2.40. The number of aromatic nitrogens is 2. The Morgan fingerprint density at radius 2 is 2.10 bits per heavy atom. The molecule has 0 spiro atoms. The number of ether oxygens (including phenoxy) is 1. The van der Waals surface area contributed by atoms with Gasteiger partial charge in [0, 0.05) is 24.1 Å². The topological polar surface area (TPSA) is 47.0 Å². The quantitative estimate of drug-likeness (QED) is 0.866. The first kappa shape index (κ1) is 15.5. The molecule has 1 N–H and O–H groups in total. The summed E-state index contributed by atoms with van der Waals surface area (Å²) < 4.78 is 5.50. The van der Waals surface area contributed by atoms with Crippen molar-refractivity contribution < 1.29 is 4.74 Å². The van der Waals surface area contributed by atoms with Crippen molar-refractivity contribution >= 4 is 17.4 Å². The van der Waals surface area contributed by atoms with Gasteiger partial charge in [-0.1, -0.05) is 32.4 Å². The molecule has 1 aromatic heterocycles. The van der Waals surface area contributed by atoms with Crippen molar-refractivity contribution in [3.63, 3.8) is 0 Å². The second kappa shape index (κ2) is 6.27. The molecule has 2 heterocycles. The van der Waals surface area contributed by atoms with E-state index in [0.29, 0.717) is 11.1 Å². The Hall–Kier alpha value is -0.870. The molecule has 0 amide bonds. The van der Waals surface area contributed by atoms with Gasteiger partial charge in [-0.05, 0) is 25.7 Å². The molecule has 5 heteroatoms. The molecule has 0 bridgehead atoms. The lowest BCUT2D eigenvalue weighted by molar-refractivity contribution is 0.0594. The fourth-order valence-corrected chi connectivity index (χ4v) is 2.38. The van der Waals surface area contributed by atoms with E-state index in [2.05, 4.69) is 36.1 Å². The monoisotopic (exact) mass is 297 g/mol. The Morgan fingerprint density at radius 3 is 2.70 bits per heavy atom. The highest BCUT2D eigenvalue weighted by atomic mass is 35.5. The van der Waals surface area contributed by atoms with Gasteiger partial charge in [0.15, 0.2) is 0 Å². The summed E-state index contributed by atoms with van der Waals surface area (Å²) in [7, 11) is 0. The van der Waals surface area contributed by atoms with Gasteiger partial charge in [-0.25, -0.2) is 9.97 Å². The molecule has 0 saturated carbocycles. The summed E-state index contributed by atoms with van der Waals surface area (Å²) in [5.74, 6) is 2.17. The number of rotatable bonds is 3. The molecule has 20 heavy (non-hydrogen) atoms. The second-order valence-electron chi connectivity index (χ2n) is 6.53. The van der Waals surface area contributed by atoms with E-state index < -0.39 is 0 Å². The number of halogens is 1. The largest absolute Gasteiger partial charge is 0.381 e. The minimum atomic E-state index is -0.109. The summed E-state index contributed by atoms with van der Waals surface area (Å²) in [5.41, 5.74) is 0.804. The van der Waals surface area contributed by atoms with Crippen molar-refractivity contribution in [2.45, 2.75) is 46.0 Å². The maximum Gasteiger partial charge on any atom is 0.137 e. The number of hydrogen-bond donors (Lipinski definition) is 1. The third-order valence-electron chi connectivity index (χ3n) is 3.57. The minimum absolute atomic E-state index is 0.109. The molecule has 1 aliphatic heterocycles. The lowest BCUT2D eigenvalue weighted by atomic mass is 9.95. The third kappa shape index (κ3) is 3.83. The molecule has 1 unspecified atom stereocenters. The van der Waals surface area contributed by atoms with Gasteiger partial charge in [-0.2, -0.15) is 0 Å². The second-order valence-corrected chi connectivity index (χ2v) is 6.88. The average molecular weight is 298 g/mol. The Labute approximate surface area is 126 Å². The van der Waals surface area contributed by atoms with Crippen molar-refractivity contribution in [1.29, 1.82) is 0 Å². The first-order chi connectivity index (χ1) is 9.38. The molecule has 1 fully saturated rings. The van der Waals surface area contributed by atoms with Gasteiger partial charge in [0.05, 0.1) is 6.61 Å². The van der Waals surface area contributed by atoms with Crippen molar-refractivity contribution in [3.8, 4) is 0 Å². The maximum absolute atomic E-state index is 6.23. The summed E-state index contributed by atoms with van der Waals surface area (Å²) in [4.78, 5) is 9.03. The van der Waals surface area contributed by atoms with Crippen LogP contribution in [0.15, 0.2) is 0 Å². The van der Waals surface area contributed by atoms with Crippen LogP contribution >= 0.6 is 11.6 Å². The number of nitrogens with one attached hydrogen (secondary N) is 1. The van der Waals surface area contributed by atoms with E-state index in [-0.39, 0.29) is 5.41 Å². The van der Waals surface area contributed by atoms with E-state index in [1.807, 2.05) is 6.92 Å². The first-order valence-electron chi connectivity index (χ1n) is 7.24. The van der Waals surface area contributed by atoms with E-state index in [4.69, 9.17) is 16.3 Å². The Kier molecular flexibility index (Phi) is 4.86. The molecule has 0 aromatic carbocycles. The molecule has 4 nitrogen and oxygen atoms in total. The van der Waals surface area contributed by atoms with Gasteiger partial charge in [0.2, 0.25) is 0 Å². The van der Waals surface area contributed by atoms with Crippen LogP contribution in [0.25, 0.3) is 0 Å². The lowest BCUT2D eigenvalue weighted by Gasteiger charge is -2.24. The van der Waals surface area contributed by atoms with Crippen molar-refractivity contribution in [2.75, 3.05) is 25.1 Å². The molecule has 1 aliphatic rings. The molecular weight excluding hydrogens is 274 g/mol. The Balaban J connectivity index is 2.11. The maximum atomic E-state index is 6.23. The van der Waals surface area contributed by atoms with Crippen molar-refractivity contribution in [2.24, 2.45) is 5.92 Å². The fraction of sp³-hybridized carbons (Fsp3) is 0.733. The smallest absolute Gasteiger partial charge is 0.137 e. The van der Waals surface area contributed by atoms with E-state index in [0.717, 1.165) is 43.4 Å². The van der Waals surface area contributed by atoms with Crippen LogP contribution in [-0.4, -0.2) is 29.7 Å². The van der Waals surface area contributed by atoms with Crippen LogP contribution in [0.3, 0.4) is 0 Å². The summed E-state index contributed by atoms with van der Waals surface area (Å²) in [5, 5.41) is 3.95. The van der Waals surface area contributed by atoms with E-state index in [9.17, 15) is 0 Å². The molecule has 1 saturated heterocycles. The summed E-state index contributed by atoms with van der Waals surface area (Å²) in [6.07, 6.45) is 2.35. The Bertz CT molecular complexity index is 465. The zero-order valence-electron chi connectivity index (χ0n) is 12.8. The van der Waals surface area contributed by atoms with E-state index >= 15 is 0 Å². The van der Waals surface area contributed by atoms with Crippen LogP contribution in [0.2, 0.25) is 5.15 Å². The summed E-state index contributed by atoms with van der Waals surface area (Å²) in [6.45, 7) is 10.8. The highest BCUT2D eigenvalue weighted by molar-refractivity contribution is 6.30. The third-order valence-corrected chi connectivity index (χ3v) is 3.94. The van der Waals surface area contributed by atoms with Gasteiger partial charge in [0.1, 0.15) is 16.8 Å². The van der Waals surface area contributed by atoms with Gasteiger partial charge >= 0.3 is 0 Å². The van der Waals surface area contributed by atoms with Crippen LogP contribution in [-0.2, 0) is 10.2 Å².